The zero-order chi connectivity index (χ0) is 13.4. The lowest BCUT2D eigenvalue weighted by atomic mass is 10.3. The molecule has 2 nitrogen and oxygen atoms in total. The van der Waals surface area contributed by atoms with Crippen molar-refractivity contribution in [2.45, 2.75) is 0 Å². The zero-order valence-electron chi connectivity index (χ0n) is 9.45. The second-order valence-electron chi connectivity index (χ2n) is 3.88. The molecule has 19 heavy (non-hydrogen) atoms. The second kappa shape index (κ2) is 4.75. The zero-order valence-corrected chi connectivity index (χ0v) is 11.0. The van der Waals surface area contributed by atoms with E-state index in [4.69, 9.17) is 11.6 Å². The van der Waals surface area contributed by atoms with Crippen LogP contribution in [0.4, 0.5) is 19.6 Å². The third-order valence-corrected chi connectivity index (χ3v) is 3.71. The number of rotatable bonds is 2. The summed E-state index contributed by atoms with van der Waals surface area (Å²) in [4.78, 5) is 4.20. The number of hydrogen-bond donors (Lipinski definition) is 1. The van der Waals surface area contributed by atoms with Gasteiger partial charge in [-0.15, -0.1) is 0 Å². The Kier molecular flexibility index (Phi) is 3.08. The van der Waals surface area contributed by atoms with Gasteiger partial charge in [0.2, 0.25) is 0 Å². The van der Waals surface area contributed by atoms with Crippen molar-refractivity contribution in [3.05, 3.63) is 53.1 Å². The van der Waals surface area contributed by atoms with Gasteiger partial charge in [-0.1, -0.05) is 22.9 Å². The van der Waals surface area contributed by atoms with Crippen LogP contribution in [-0.2, 0) is 0 Å². The van der Waals surface area contributed by atoms with Crippen molar-refractivity contribution in [1.29, 1.82) is 0 Å². The summed E-state index contributed by atoms with van der Waals surface area (Å²) in [5.74, 6) is -0.806. The van der Waals surface area contributed by atoms with E-state index in [1.165, 1.54) is 35.6 Å². The Balaban J connectivity index is 1.96. The number of hydrogen-bond acceptors (Lipinski definition) is 3. The predicted octanol–water partition coefficient (Wildman–Crippen LogP) is 4.97. The van der Waals surface area contributed by atoms with Gasteiger partial charge in [0.15, 0.2) is 5.13 Å². The average Bonchev–Trinajstić information content (AvgIpc) is 2.74. The number of aromatic nitrogens is 1. The van der Waals surface area contributed by atoms with Crippen LogP contribution in [0.15, 0.2) is 36.4 Å². The summed E-state index contributed by atoms with van der Waals surface area (Å²) in [7, 11) is 0. The minimum absolute atomic E-state index is 0.281. The third-order valence-electron chi connectivity index (χ3n) is 2.52. The maximum atomic E-state index is 13.6. The van der Waals surface area contributed by atoms with E-state index in [1.54, 1.807) is 12.1 Å². The molecule has 0 aliphatic heterocycles. The van der Waals surface area contributed by atoms with E-state index >= 15 is 0 Å². The van der Waals surface area contributed by atoms with Crippen molar-refractivity contribution in [2.24, 2.45) is 0 Å². The third kappa shape index (κ3) is 2.52. The molecule has 0 fully saturated rings. The second-order valence-corrected chi connectivity index (χ2v) is 5.35. The van der Waals surface area contributed by atoms with Crippen molar-refractivity contribution in [2.75, 3.05) is 5.32 Å². The summed E-state index contributed by atoms with van der Waals surface area (Å²) in [5.41, 5.74) is 0.825. The molecule has 0 amide bonds. The van der Waals surface area contributed by atoms with Gasteiger partial charge in [-0.05, 0) is 30.3 Å². The molecule has 0 bridgehead atoms. The highest BCUT2D eigenvalue weighted by Gasteiger charge is 2.08. The molecule has 3 aromatic rings. The van der Waals surface area contributed by atoms with Crippen molar-refractivity contribution in [3.63, 3.8) is 0 Å². The fourth-order valence-electron chi connectivity index (χ4n) is 1.66. The fraction of sp³-hybridized carbons (Fsp3) is 0. The van der Waals surface area contributed by atoms with Gasteiger partial charge in [0.1, 0.15) is 11.6 Å². The molecule has 6 heteroatoms. The Morgan fingerprint density at radius 2 is 1.95 bits per heavy atom. The largest absolute Gasteiger partial charge is 0.329 e. The van der Waals surface area contributed by atoms with Crippen LogP contribution in [0.3, 0.4) is 0 Å². The van der Waals surface area contributed by atoms with Gasteiger partial charge in [-0.25, -0.2) is 13.8 Å². The number of nitrogens with zero attached hydrogens (tertiary/aromatic N) is 1. The number of anilines is 2. The number of benzene rings is 2. The highest BCUT2D eigenvalue weighted by molar-refractivity contribution is 7.22. The van der Waals surface area contributed by atoms with E-state index in [0.29, 0.717) is 15.7 Å². The number of thiazole rings is 1. The molecule has 0 saturated carbocycles. The lowest BCUT2D eigenvalue weighted by Gasteiger charge is -2.03. The minimum Gasteiger partial charge on any atom is -0.329 e. The monoisotopic (exact) mass is 296 g/mol. The van der Waals surface area contributed by atoms with Crippen LogP contribution in [0.25, 0.3) is 10.2 Å². The van der Waals surface area contributed by atoms with Gasteiger partial charge in [0.05, 0.1) is 15.9 Å². The number of halogens is 3. The van der Waals surface area contributed by atoms with E-state index in [-0.39, 0.29) is 11.5 Å². The molecule has 0 saturated heterocycles. The van der Waals surface area contributed by atoms with Gasteiger partial charge in [-0.3, -0.25) is 0 Å². The first-order valence-electron chi connectivity index (χ1n) is 5.40. The topological polar surface area (TPSA) is 24.9 Å². The van der Waals surface area contributed by atoms with Gasteiger partial charge in [-0.2, -0.15) is 0 Å². The van der Waals surface area contributed by atoms with Crippen molar-refractivity contribution in [3.8, 4) is 0 Å². The van der Waals surface area contributed by atoms with E-state index in [9.17, 15) is 8.78 Å². The molecule has 2 aromatic carbocycles. The average molecular weight is 297 g/mol. The SMILES string of the molecule is Fc1ccc2sc(Nc3ccc(Cl)cc3F)nc2c1. The van der Waals surface area contributed by atoms with E-state index in [1.807, 2.05) is 0 Å². The standard InChI is InChI=1S/C13H7ClF2N2S/c14-7-1-3-10(9(16)5-7)17-13-18-11-6-8(15)2-4-12(11)19-13/h1-6H,(H,17,18). The van der Waals surface area contributed by atoms with Crippen LogP contribution in [-0.4, -0.2) is 4.98 Å². The molecule has 3 rings (SSSR count). The molecule has 1 aromatic heterocycles. The summed E-state index contributed by atoms with van der Waals surface area (Å²) < 4.78 is 27.5. The van der Waals surface area contributed by atoms with Gasteiger partial charge < -0.3 is 5.32 Å². The summed E-state index contributed by atoms with van der Waals surface area (Å²) >= 11 is 7.00. The van der Waals surface area contributed by atoms with E-state index < -0.39 is 5.82 Å². The van der Waals surface area contributed by atoms with Gasteiger partial charge >= 0.3 is 0 Å². The van der Waals surface area contributed by atoms with Gasteiger partial charge in [0.25, 0.3) is 0 Å². The molecule has 1 heterocycles. The van der Waals surface area contributed by atoms with Gasteiger partial charge in [0, 0.05) is 11.1 Å². The molecule has 1 N–H and O–H groups in total. The Morgan fingerprint density at radius 1 is 1.11 bits per heavy atom. The summed E-state index contributed by atoms with van der Waals surface area (Å²) in [5, 5.41) is 3.69. The highest BCUT2D eigenvalue weighted by Crippen LogP contribution is 2.30. The summed E-state index contributed by atoms with van der Waals surface area (Å²) in [6, 6.07) is 8.69. The molecular formula is C13H7ClF2N2S. The minimum atomic E-state index is -0.460. The first-order chi connectivity index (χ1) is 9.11. The Labute approximate surface area is 116 Å². The van der Waals surface area contributed by atoms with E-state index in [0.717, 1.165) is 4.70 Å². The molecule has 0 aliphatic carbocycles. The number of fused-ring (bicyclic) bond motifs is 1. The Bertz CT molecular complexity index is 757. The normalized spacial score (nSPS) is 10.9. The maximum absolute atomic E-state index is 13.6. The molecule has 96 valence electrons. The molecule has 0 unspecified atom stereocenters. The quantitative estimate of drug-likeness (QED) is 0.722. The predicted molar refractivity (Wildman–Crippen MR) is 74.3 cm³/mol. The van der Waals surface area contributed by atoms with Crippen molar-refractivity contribution in [1.82, 2.24) is 4.98 Å². The lowest BCUT2D eigenvalue weighted by Crippen LogP contribution is -1.92. The first kappa shape index (κ1) is 12.3. The smallest absolute Gasteiger partial charge is 0.188 e. The van der Waals surface area contributed by atoms with Crippen LogP contribution in [0.2, 0.25) is 5.02 Å². The molecule has 0 radical (unpaired) electrons. The van der Waals surface area contributed by atoms with Crippen molar-refractivity contribution >= 4 is 44.0 Å². The van der Waals surface area contributed by atoms with E-state index in [2.05, 4.69) is 10.3 Å². The highest BCUT2D eigenvalue weighted by atomic mass is 35.5. The molecule has 0 atom stereocenters. The summed E-state index contributed by atoms with van der Waals surface area (Å²) in [6.45, 7) is 0. The molecular weight excluding hydrogens is 290 g/mol. The molecule has 0 spiro atoms. The Morgan fingerprint density at radius 3 is 2.74 bits per heavy atom. The number of nitrogens with one attached hydrogen (secondary N) is 1. The fourth-order valence-corrected chi connectivity index (χ4v) is 2.68. The van der Waals surface area contributed by atoms with Crippen LogP contribution in [0.1, 0.15) is 0 Å². The van der Waals surface area contributed by atoms with Crippen LogP contribution < -0.4 is 5.32 Å². The van der Waals surface area contributed by atoms with Crippen LogP contribution in [0.5, 0.6) is 0 Å². The van der Waals surface area contributed by atoms with Crippen LogP contribution in [0, 0.1) is 11.6 Å². The lowest BCUT2D eigenvalue weighted by molar-refractivity contribution is 0.629. The molecule has 0 aliphatic rings. The summed E-state index contributed by atoms with van der Waals surface area (Å²) in [6.07, 6.45) is 0. The van der Waals surface area contributed by atoms with Crippen LogP contribution >= 0.6 is 22.9 Å². The Hall–Kier alpha value is -1.72. The first-order valence-corrected chi connectivity index (χ1v) is 6.59. The maximum Gasteiger partial charge on any atom is 0.188 e. The van der Waals surface area contributed by atoms with Crippen molar-refractivity contribution < 1.29 is 8.78 Å².